The Balaban J connectivity index is 2.23. The summed E-state index contributed by atoms with van der Waals surface area (Å²) >= 11 is 6.30. The quantitative estimate of drug-likeness (QED) is 0.760. The van der Waals surface area contributed by atoms with Crippen molar-refractivity contribution in [2.75, 3.05) is 0 Å². The van der Waals surface area contributed by atoms with Crippen molar-refractivity contribution in [3.63, 3.8) is 0 Å². The molecule has 1 aromatic heterocycles. The van der Waals surface area contributed by atoms with Crippen molar-refractivity contribution >= 4 is 28.2 Å². The number of hydrogen-bond acceptors (Lipinski definition) is 2. The molecule has 96 valence electrons. The molecule has 0 fully saturated rings. The van der Waals surface area contributed by atoms with Crippen LogP contribution in [0.4, 0.5) is 0 Å². The van der Waals surface area contributed by atoms with Crippen molar-refractivity contribution in [1.82, 2.24) is 9.97 Å². The van der Waals surface area contributed by atoms with Crippen molar-refractivity contribution in [1.29, 1.82) is 0 Å². The number of allylic oxidation sites excluding steroid dienone is 4. The van der Waals surface area contributed by atoms with Crippen LogP contribution in [0, 0.1) is 13.8 Å². The van der Waals surface area contributed by atoms with Gasteiger partial charge in [0.25, 0.3) is 0 Å². The molecule has 2 aromatic rings. The van der Waals surface area contributed by atoms with Gasteiger partial charge >= 0.3 is 0 Å². The summed E-state index contributed by atoms with van der Waals surface area (Å²) in [6.45, 7) is 4.05. The normalized spacial score (nSPS) is 15.3. The van der Waals surface area contributed by atoms with Crippen LogP contribution in [0.5, 0.6) is 0 Å². The van der Waals surface area contributed by atoms with E-state index in [0.717, 1.165) is 51.4 Å². The Bertz CT molecular complexity index is 714. The third-order valence-electron chi connectivity index (χ3n) is 3.42. The van der Waals surface area contributed by atoms with E-state index in [1.165, 1.54) is 0 Å². The second-order valence-electron chi connectivity index (χ2n) is 4.85. The minimum Gasteiger partial charge on any atom is -0.249 e. The number of aromatic nitrogens is 2. The Hall–Kier alpha value is -1.67. The molecule has 0 saturated heterocycles. The first-order valence-electron chi connectivity index (χ1n) is 6.47. The van der Waals surface area contributed by atoms with Crippen molar-refractivity contribution in [3.8, 4) is 0 Å². The van der Waals surface area contributed by atoms with Gasteiger partial charge < -0.3 is 0 Å². The predicted octanol–water partition coefficient (Wildman–Crippen LogP) is 4.55. The van der Waals surface area contributed by atoms with E-state index in [9.17, 15) is 0 Å². The van der Waals surface area contributed by atoms with Crippen molar-refractivity contribution in [3.05, 3.63) is 52.3 Å². The molecule has 1 aliphatic rings. The number of benzene rings is 1. The van der Waals surface area contributed by atoms with E-state index in [1.54, 1.807) is 0 Å². The van der Waals surface area contributed by atoms with Gasteiger partial charge in [-0.05, 0) is 38.3 Å². The van der Waals surface area contributed by atoms with Gasteiger partial charge in [-0.2, -0.15) is 0 Å². The number of halogens is 1. The summed E-state index contributed by atoms with van der Waals surface area (Å²) in [6, 6.07) is 6.07. The average Bonchev–Trinajstić information content (AvgIpc) is 2.40. The highest BCUT2D eigenvalue weighted by molar-refractivity contribution is 6.37. The molecular formula is C16H15ClN2. The molecule has 19 heavy (non-hydrogen) atoms. The summed E-state index contributed by atoms with van der Waals surface area (Å²) in [6.07, 6.45) is 6.22. The van der Waals surface area contributed by atoms with Crippen LogP contribution in [0.15, 0.2) is 35.4 Å². The van der Waals surface area contributed by atoms with Gasteiger partial charge in [0.15, 0.2) is 0 Å². The Morgan fingerprint density at radius 1 is 1.05 bits per heavy atom. The van der Waals surface area contributed by atoms with Gasteiger partial charge in [-0.1, -0.05) is 35.9 Å². The van der Waals surface area contributed by atoms with Crippen LogP contribution in [-0.2, 0) is 0 Å². The molecule has 0 unspecified atom stereocenters. The van der Waals surface area contributed by atoms with E-state index >= 15 is 0 Å². The van der Waals surface area contributed by atoms with E-state index in [0.29, 0.717) is 0 Å². The van der Waals surface area contributed by atoms with E-state index in [2.05, 4.69) is 25.1 Å². The third-order valence-corrected chi connectivity index (χ3v) is 3.78. The first kappa shape index (κ1) is 12.4. The maximum Gasteiger partial charge on any atom is 0.0933 e. The SMILES string of the molecule is Cc1nc2c(C)cccc2nc1C1=CCCC=C1Cl. The maximum atomic E-state index is 6.30. The van der Waals surface area contributed by atoms with Crippen molar-refractivity contribution in [2.24, 2.45) is 0 Å². The summed E-state index contributed by atoms with van der Waals surface area (Å²) in [5.41, 5.74) is 5.90. The Morgan fingerprint density at radius 2 is 1.84 bits per heavy atom. The first-order chi connectivity index (χ1) is 9.16. The number of nitrogens with zero attached hydrogens (tertiary/aromatic N) is 2. The molecule has 1 aliphatic carbocycles. The molecule has 0 atom stereocenters. The third kappa shape index (κ3) is 2.17. The fourth-order valence-electron chi connectivity index (χ4n) is 2.41. The minimum absolute atomic E-state index is 0.788. The molecule has 3 rings (SSSR count). The molecule has 2 nitrogen and oxygen atoms in total. The molecular weight excluding hydrogens is 256 g/mol. The summed E-state index contributed by atoms with van der Waals surface area (Å²) in [7, 11) is 0. The Kier molecular flexibility index (Phi) is 3.11. The van der Waals surface area contributed by atoms with E-state index in [1.807, 2.05) is 19.1 Å². The lowest BCUT2D eigenvalue weighted by Crippen LogP contribution is -2.01. The van der Waals surface area contributed by atoms with Crippen LogP contribution < -0.4 is 0 Å². The number of para-hydroxylation sites is 1. The highest BCUT2D eigenvalue weighted by Gasteiger charge is 2.15. The minimum atomic E-state index is 0.788. The van der Waals surface area contributed by atoms with Crippen LogP contribution >= 0.6 is 11.6 Å². The summed E-state index contributed by atoms with van der Waals surface area (Å²) in [4.78, 5) is 9.45. The van der Waals surface area contributed by atoms with Gasteiger partial charge in [0.1, 0.15) is 0 Å². The lowest BCUT2D eigenvalue weighted by atomic mass is 10.0. The van der Waals surface area contributed by atoms with Gasteiger partial charge in [0.05, 0.1) is 22.4 Å². The van der Waals surface area contributed by atoms with Gasteiger partial charge in [-0.3, -0.25) is 0 Å². The molecule has 1 heterocycles. The lowest BCUT2D eigenvalue weighted by molar-refractivity contribution is 1.03. The zero-order valence-electron chi connectivity index (χ0n) is 11.1. The molecule has 0 amide bonds. The lowest BCUT2D eigenvalue weighted by Gasteiger charge is -2.13. The highest BCUT2D eigenvalue weighted by atomic mass is 35.5. The second-order valence-corrected chi connectivity index (χ2v) is 5.25. The van der Waals surface area contributed by atoms with Crippen LogP contribution in [-0.4, -0.2) is 9.97 Å². The Morgan fingerprint density at radius 3 is 2.63 bits per heavy atom. The van der Waals surface area contributed by atoms with Crippen LogP contribution in [0.2, 0.25) is 0 Å². The van der Waals surface area contributed by atoms with Gasteiger partial charge in [-0.25, -0.2) is 9.97 Å². The molecule has 1 aromatic carbocycles. The highest BCUT2D eigenvalue weighted by Crippen LogP contribution is 2.32. The molecule has 0 saturated carbocycles. The van der Waals surface area contributed by atoms with Gasteiger partial charge in [0.2, 0.25) is 0 Å². The monoisotopic (exact) mass is 270 g/mol. The average molecular weight is 271 g/mol. The zero-order valence-corrected chi connectivity index (χ0v) is 11.8. The largest absolute Gasteiger partial charge is 0.249 e. The van der Waals surface area contributed by atoms with Crippen LogP contribution in [0.25, 0.3) is 16.6 Å². The Labute approximate surface area is 117 Å². The molecule has 0 N–H and O–H groups in total. The number of aryl methyl sites for hydroxylation is 2. The maximum absolute atomic E-state index is 6.30. The standard InChI is InChI=1S/C16H15ClN2/c1-10-6-5-9-14-15(10)18-11(2)16(19-14)12-7-3-4-8-13(12)17/h5-9H,3-4H2,1-2H3. The zero-order chi connectivity index (χ0) is 13.4. The predicted molar refractivity (Wildman–Crippen MR) is 80.2 cm³/mol. The van der Waals surface area contributed by atoms with Crippen LogP contribution in [0.1, 0.15) is 29.8 Å². The molecule has 0 spiro atoms. The fourth-order valence-corrected chi connectivity index (χ4v) is 2.69. The van der Waals surface area contributed by atoms with E-state index < -0.39 is 0 Å². The summed E-state index contributed by atoms with van der Waals surface area (Å²) < 4.78 is 0. The molecule has 3 heteroatoms. The van der Waals surface area contributed by atoms with Crippen molar-refractivity contribution < 1.29 is 0 Å². The fraction of sp³-hybridized carbons (Fsp3) is 0.250. The summed E-state index contributed by atoms with van der Waals surface area (Å²) in [5, 5.41) is 0.788. The van der Waals surface area contributed by atoms with Crippen molar-refractivity contribution in [2.45, 2.75) is 26.7 Å². The molecule has 0 aliphatic heterocycles. The number of rotatable bonds is 1. The topological polar surface area (TPSA) is 25.8 Å². The first-order valence-corrected chi connectivity index (χ1v) is 6.85. The second kappa shape index (κ2) is 4.78. The smallest absolute Gasteiger partial charge is 0.0933 e. The van der Waals surface area contributed by atoms with Gasteiger partial charge in [0, 0.05) is 10.6 Å². The molecule has 0 radical (unpaired) electrons. The number of hydrogen-bond donors (Lipinski definition) is 0. The van der Waals surface area contributed by atoms with E-state index in [-0.39, 0.29) is 0 Å². The van der Waals surface area contributed by atoms with Gasteiger partial charge in [-0.15, -0.1) is 0 Å². The molecule has 0 bridgehead atoms. The van der Waals surface area contributed by atoms with Crippen LogP contribution in [0.3, 0.4) is 0 Å². The summed E-state index contributed by atoms with van der Waals surface area (Å²) in [5.74, 6) is 0. The number of fused-ring (bicyclic) bond motifs is 1. The van der Waals surface area contributed by atoms with E-state index in [4.69, 9.17) is 21.6 Å².